The van der Waals surface area contributed by atoms with Crippen molar-refractivity contribution in [2.45, 2.75) is 359 Å². The molecule has 0 aromatic carbocycles. The van der Waals surface area contributed by atoms with Crippen LogP contribution in [0.1, 0.15) is 310 Å². The van der Waals surface area contributed by atoms with Crippen LogP contribution in [-0.4, -0.2) is 99.6 Å². The number of carbonyl (C=O) groups is 2. The van der Waals surface area contributed by atoms with Gasteiger partial charge in [0.2, 0.25) is 5.91 Å². The van der Waals surface area contributed by atoms with E-state index in [0.29, 0.717) is 12.8 Å². The lowest BCUT2D eigenvalue weighted by Gasteiger charge is -2.41. The zero-order valence-corrected chi connectivity index (χ0v) is 54.7. The number of aliphatic hydroxyl groups excluding tert-OH is 5. The molecule has 1 aliphatic heterocycles. The SMILES string of the molecule is CC/C=C\C/C=C\C/C=C\C/C=C\C/C=C\CCC(O)C(=O)NC(COC1OC(CO)C(O)C(O)C1OC(=O)CCCCCCCCCCCCCCCCCCC/C=C/CCCCCCCC)C(O)/C=C/CCCCCCCCCCCCC. The summed E-state index contributed by atoms with van der Waals surface area (Å²) >= 11 is 0. The van der Waals surface area contributed by atoms with E-state index in [1.165, 1.54) is 186 Å². The van der Waals surface area contributed by atoms with Crippen LogP contribution in [0, 0.1) is 0 Å². The lowest BCUT2D eigenvalue weighted by molar-refractivity contribution is -0.305. The standard InChI is InChI=1S/C74H131NO10/c1-4-7-10-13-16-19-22-25-27-29-30-31-32-33-34-35-36-37-38-39-41-44-47-50-53-56-59-62-69(79)85-72-71(81)70(80)68(63-76)84-74(72)83-64-65(66(77)60-57-54-51-48-45-42-24-21-18-15-12-9-6-3)75-73(82)67(78)61-58-55-52-49-46-43-40-28-26-23-20-17-14-11-8-5-2/h8,11,17,20,25-28,43,46,52,55,57,60,65-68,70-72,74,76-78,80-81H,4-7,9-10,12-16,18-19,21-24,29-42,44-45,47-51,53-54,56,58-59,61-64H2,1-3H3,(H,75,82)/b11-8-,20-17-,27-25+,28-26-,46-43-,55-52-,60-57+. The molecule has 492 valence electrons. The van der Waals surface area contributed by atoms with Crippen molar-refractivity contribution in [1.82, 2.24) is 5.32 Å². The molecule has 0 bridgehead atoms. The maximum atomic E-state index is 13.4. The van der Waals surface area contributed by atoms with Crippen molar-refractivity contribution in [1.29, 1.82) is 0 Å². The highest BCUT2D eigenvalue weighted by atomic mass is 16.7. The lowest BCUT2D eigenvalue weighted by atomic mass is 9.99. The fourth-order valence-electron chi connectivity index (χ4n) is 10.7. The molecule has 6 N–H and O–H groups in total. The van der Waals surface area contributed by atoms with Gasteiger partial charge in [0, 0.05) is 6.42 Å². The molecule has 1 saturated heterocycles. The minimum absolute atomic E-state index is 0.116. The molecule has 1 fully saturated rings. The van der Waals surface area contributed by atoms with Gasteiger partial charge in [0.1, 0.15) is 24.4 Å². The highest BCUT2D eigenvalue weighted by Crippen LogP contribution is 2.26. The van der Waals surface area contributed by atoms with Crippen LogP contribution in [0.15, 0.2) is 85.1 Å². The number of ether oxygens (including phenoxy) is 3. The molecule has 0 aromatic heterocycles. The van der Waals surface area contributed by atoms with Gasteiger partial charge in [-0.25, -0.2) is 0 Å². The Kier molecular flexibility index (Phi) is 57.4. The van der Waals surface area contributed by atoms with Crippen LogP contribution in [-0.2, 0) is 23.8 Å². The number of amides is 1. The Morgan fingerprint density at radius 3 is 1.27 bits per heavy atom. The van der Waals surface area contributed by atoms with Gasteiger partial charge in [-0.1, -0.05) is 298 Å². The topological polar surface area (TPSA) is 175 Å². The molecule has 0 radical (unpaired) electrons. The van der Waals surface area contributed by atoms with E-state index in [-0.39, 0.29) is 19.4 Å². The molecule has 0 saturated carbocycles. The van der Waals surface area contributed by atoms with E-state index < -0.39 is 67.4 Å². The van der Waals surface area contributed by atoms with E-state index in [1.807, 2.05) is 18.2 Å². The van der Waals surface area contributed by atoms with Crippen LogP contribution in [0.4, 0.5) is 0 Å². The molecule has 11 nitrogen and oxygen atoms in total. The Labute approximate surface area is 521 Å². The van der Waals surface area contributed by atoms with Gasteiger partial charge in [-0.3, -0.25) is 9.59 Å². The second-order valence-corrected chi connectivity index (χ2v) is 24.2. The minimum Gasteiger partial charge on any atom is -0.454 e. The van der Waals surface area contributed by atoms with Gasteiger partial charge in [-0.2, -0.15) is 0 Å². The van der Waals surface area contributed by atoms with Gasteiger partial charge < -0.3 is 45.1 Å². The number of aliphatic hydroxyl groups is 5. The van der Waals surface area contributed by atoms with Crippen molar-refractivity contribution in [2.24, 2.45) is 0 Å². The molecule has 1 amide bonds. The van der Waals surface area contributed by atoms with Gasteiger partial charge in [0.25, 0.3) is 0 Å². The van der Waals surface area contributed by atoms with Crippen molar-refractivity contribution in [2.75, 3.05) is 13.2 Å². The third kappa shape index (κ3) is 48.4. The van der Waals surface area contributed by atoms with Crippen LogP contribution in [0.25, 0.3) is 0 Å². The molecule has 0 spiro atoms. The molecular formula is C74H131NO10. The summed E-state index contributed by atoms with van der Waals surface area (Å²) in [5, 5.41) is 57.1. The van der Waals surface area contributed by atoms with Crippen molar-refractivity contribution < 1.29 is 49.3 Å². The number of nitrogens with one attached hydrogen (secondary N) is 1. The molecule has 1 rings (SSSR count). The number of unbranched alkanes of at least 4 members (excludes halogenated alkanes) is 34. The first-order chi connectivity index (χ1) is 41.7. The van der Waals surface area contributed by atoms with Gasteiger partial charge in [0.05, 0.1) is 25.4 Å². The number of hydrogen-bond acceptors (Lipinski definition) is 10. The zero-order valence-electron chi connectivity index (χ0n) is 54.7. The van der Waals surface area contributed by atoms with E-state index in [4.69, 9.17) is 14.2 Å². The molecule has 1 heterocycles. The summed E-state index contributed by atoms with van der Waals surface area (Å²) in [5.74, 6) is -1.25. The Morgan fingerprint density at radius 1 is 0.471 bits per heavy atom. The summed E-state index contributed by atoms with van der Waals surface area (Å²) in [5.41, 5.74) is 0. The van der Waals surface area contributed by atoms with Crippen molar-refractivity contribution in [3.8, 4) is 0 Å². The predicted octanol–water partition coefficient (Wildman–Crippen LogP) is 18.1. The van der Waals surface area contributed by atoms with Crippen LogP contribution >= 0.6 is 0 Å². The van der Waals surface area contributed by atoms with Crippen molar-refractivity contribution >= 4 is 11.9 Å². The van der Waals surface area contributed by atoms with Crippen LogP contribution in [0.2, 0.25) is 0 Å². The first-order valence-electron chi connectivity index (χ1n) is 35.4. The highest BCUT2D eigenvalue weighted by Gasteiger charge is 2.47. The lowest BCUT2D eigenvalue weighted by Crippen LogP contribution is -2.61. The summed E-state index contributed by atoms with van der Waals surface area (Å²) in [6, 6.07) is -1.06. The average Bonchev–Trinajstić information content (AvgIpc) is 3.13. The number of allylic oxidation sites excluding steroid dienone is 13. The third-order valence-corrected chi connectivity index (χ3v) is 16.3. The van der Waals surface area contributed by atoms with E-state index in [2.05, 4.69) is 86.8 Å². The molecular weight excluding hydrogens is 1060 g/mol. The second kappa shape index (κ2) is 61.1. The molecule has 0 aliphatic carbocycles. The minimum atomic E-state index is -1.63. The summed E-state index contributed by atoms with van der Waals surface area (Å²) in [7, 11) is 0. The van der Waals surface area contributed by atoms with Gasteiger partial charge in [-0.05, 0) is 89.9 Å². The van der Waals surface area contributed by atoms with Crippen LogP contribution in [0.3, 0.4) is 0 Å². The van der Waals surface area contributed by atoms with Gasteiger partial charge in [0.15, 0.2) is 12.4 Å². The Balaban J connectivity index is 2.58. The first kappa shape index (κ1) is 79.9. The fraction of sp³-hybridized carbons (Fsp3) is 0.784. The Bertz CT molecular complexity index is 1710. The van der Waals surface area contributed by atoms with E-state index in [0.717, 1.165) is 77.0 Å². The van der Waals surface area contributed by atoms with Crippen LogP contribution < -0.4 is 5.32 Å². The summed E-state index contributed by atoms with van der Waals surface area (Å²) in [6.07, 6.45) is 70.8. The maximum absolute atomic E-state index is 13.4. The van der Waals surface area contributed by atoms with Gasteiger partial charge >= 0.3 is 5.97 Å². The Hall–Kier alpha value is -3.16. The molecule has 11 heteroatoms. The summed E-state index contributed by atoms with van der Waals surface area (Å²) in [4.78, 5) is 26.6. The summed E-state index contributed by atoms with van der Waals surface area (Å²) in [6.45, 7) is 5.67. The largest absolute Gasteiger partial charge is 0.454 e. The van der Waals surface area contributed by atoms with E-state index in [9.17, 15) is 35.1 Å². The zero-order chi connectivity index (χ0) is 61.7. The quantitative estimate of drug-likeness (QED) is 0.0195. The maximum Gasteiger partial charge on any atom is 0.306 e. The van der Waals surface area contributed by atoms with Crippen molar-refractivity contribution in [3.05, 3.63) is 85.1 Å². The van der Waals surface area contributed by atoms with Gasteiger partial charge in [-0.15, -0.1) is 0 Å². The van der Waals surface area contributed by atoms with Crippen LogP contribution in [0.5, 0.6) is 0 Å². The van der Waals surface area contributed by atoms with Crippen molar-refractivity contribution in [3.63, 3.8) is 0 Å². The van der Waals surface area contributed by atoms with E-state index in [1.54, 1.807) is 6.08 Å². The van der Waals surface area contributed by atoms with E-state index >= 15 is 0 Å². The summed E-state index contributed by atoms with van der Waals surface area (Å²) < 4.78 is 17.7. The fourth-order valence-corrected chi connectivity index (χ4v) is 10.7. The normalized spacial score (nSPS) is 18.9. The predicted molar refractivity (Wildman–Crippen MR) is 356 cm³/mol. The molecule has 1 aliphatic rings. The molecule has 85 heavy (non-hydrogen) atoms. The Morgan fingerprint density at radius 2 is 0.847 bits per heavy atom. The number of rotatable bonds is 60. The molecule has 8 unspecified atom stereocenters. The number of esters is 1. The average molecular weight is 1190 g/mol. The third-order valence-electron chi connectivity index (χ3n) is 16.3. The number of carbonyl (C=O) groups excluding carboxylic acids is 2. The number of hydrogen-bond donors (Lipinski definition) is 6. The first-order valence-corrected chi connectivity index (χ1v) is 35.4. The second-order valence-electron chi connectivity index (χ2n) is 24.2. The molecule has 8 atom stereocenters. The molecule has 0 aromatic rings. The monoisotopic (exact) mass is 1190 g/mol. The smallest absolute Gasteiger partial charge is 0.306 e. The highest BCUT2D eigenvalue weighted by molar-refractivity contribution is 5.80.